The Morgan fingerprint density at radius 3 is 2.83 bits per heavy atom. The maximum Gasteiger partial charge on any atom is 0.251 e. The van der Waals surface area contributed by atoms with E-state index in [0.717, 1.165) is 6.54 Å². The van der Waals surface area contributed by atoms with E-state index in [0.29, 0.717) is 52.7 Å². The molecule has 2 amide bonds. The van der Waals surface area contributed by atoms with E-state index in [1.165, 1.54) is 25.6 Å². The Bertz CT molecular complexity index is 1620. The van der Waals surface area contributed by atoms with Gasteiger partial charge >= 0.3 is 0 Å². The molecule has 1 aliphatic carbocycles. The Hall–Kier alpha value is -4.91. The molecule has 1 aliphatic rings. The lowest BCUT2D eigenvalue weighted by molar-refractivity contribution is -0.126. The van der Waals surface area contributed by atoms with Crippen LogP contribution in [-0.4, -0.2) is 91.8 Å². The van der Waals surface area contributed by atoms with Crippen LogP contribution in [-0.2, 0) is 19.0 Å². The zero-order valence-corrected chi connectivity index (χ0v) is 27.2. The van der Waals surface area contributed by atoms with Crippen LogP contribution in [0, 0.1) is 11.8 Å². The summed E-state index contributed by atoms with van der Waals surface area (Å²) in [5, 5.41) is 13.2. The number of nitrogens with one attached hydrogen (secondary N) is 3. The van der Waals surface area contributed by atoms with Crippen molar-refractivity contribution in [2.45, 2.75) is 51.1 Å². The highest BCUT2D eigenvalue weighted by Gasteiger charge is 2.18. The molecule has 1 unspecified atom stereocenters. The van der Waals surface area contributed by atoms with Gasteiger partial charge < -0.3 is 45.2 Å². The second kappa shape index (κ2) is 19.0. The summed E-state index contributed by atoms with van der Waals surface area (Å²) >= 11 is 0. The number of rotatable bonds is 19. The predicted octanol–water partition coefficient (Wildman–Crippen LogP) is 2.66. The number of carbonyl (C=O) groups is 2. The molecule has 4 rings (SSSR count). The highest BCUT2D eigenvalue weighted by Crippen LogP contribution is 2.27. The third-order valence-electron chi connectivity index (χ3n) is 7.56. The first-order chi connectivity index (χ1) is 23.4. The number of amides is 2. The van der Waals surface area contributed by atoms with Gasteiger partial charge in [0.2, 0.25) is 5.91 Å². The normalized spacial score (nSPS) is 13.8. The first kappa shape index (κ1) is 35.9. The number of carbonyl (C=O) groups excluding carboxylic acids is 2. The lowest BCUT2D eigenvalue weighted by Gasteiger charge is -2.26. The molecule has 0 radical (unpaired) electrons. The van der Waals surface area contributed by atoms with E-state index in [1.807, 2.05) is 17.7 Å². The first-order valence-corrected chi connectivity index (χ1v) is 15.8. The standard InChI is InChI=1S/C32H42N10O6/c1-3-28(45-2)42-18-23(29-30(33)38-21-39-31(29)42)8-6-12-36-26(43)19-46-15-16-47-27(40-41-34)20-48-25-11-4-7-22(17-25)32(44)37-14-13-35-24-9-5-10-24/h4,7,11,17-18,21,24,27-28,35H,3,5,9-10,12-16,19-20H2,1-2H3,(H,36,43)(H,37,44)(H2,33,38,39)/t27?,28-/m1/s1. The fraction of sp³-hybridized carbons (Fsp3) is 0.500. The number of azide groups is 1. The van der Waals surface area contributed by atoms with Gasteiger partial charge in [-0.05, 0) is 43.0 Å². The van der Waals surface area contributed by atoms with E-state index >= 15 is 0 Å². The third kappa shape index (κ3) is 10.6. The van der Waals surface area contributed by atoms with E-state index < -0.39 is 6.23 Å². The molecular weight excluding hydrogens is 620 g/mol. The average molecular weight is 663 g/mol. The monoisotopic (exact) mass is 662 g/mol. The Kier molecular flexibility index (Phi) is 14.3. The van der Waals surface area contributed by atoms with Crippen LogP contribution >= 0.6 is 0 Å². The number of ether oxygens (including phenoxy) is 4. The molecule has 0 saturated heterocycles. The largest absolute Gasteiger partial charge is 0.491 e. The van der Waals surface area contributed by atoms with E-state index in [1.54, 1.807) is 31.4 Å². The lowest BCUT2D eigenvalue weighted by Crippen LogP contribution is -2.40. The van der Waals surface area contributed by atoms with Crippen molar-refractivity contribution in [3.05, 3.63) is 58.4 Å². The van der Waals surface area contributed by atoms with Crippen LogP contribution in [0.1, 0.15) is 54.8 Å². The van der Waals surface area contributed by atoms with Crippen LogP contribution in [0.15, 0.2) is 41.9 Å². The fourth-order valence-corrected chi connectivity index (χ4v) is 4.87. The number of benzene rings is 1. The molecule has 5 N–H and O–H groups in total. The second-order valence-electron chi connectivity index (χ2n) is 10.8. The first-order valence-electron chi connectivity index (χ1n) is 15.8. The number of methoxy groups -OCH3 is 1. The molecule has 3 aromatic rings. The summed E-state index contributed by atoms with van der Waals surface area (Å²) in [7, 11) is 1.62. The predicted molar refractivity (Wildman–Crippen MR) is 178 cm³/mol. The summed E-state index contributed by atoms with van der Waals surface area (Å²) in [6.07, 6.45) is 6.37. The third-order valence-corrected chi connectivity index (χ3v) is 7.56. The number of fused-ring (bicyclic) bond motifs is 1. The van der Waals surface area contributed by atoms with Crippen molar-refractivity contribution in [2.75, 3.05) is 58.9 Å². The summed E-state index contributed by atoms with van der Waals surface area (Å²) in [6.45, 7) is 3.14. The molecule has 2 heterocycles. The smallest absolute Gasteiger partial charge is 0.251 e. The Labute approximate surface area is 278 Å². The molecule has 1 saturated carbocycles. The van der Waals surface area contributed by atoms with E-state index in [-0.39, 0.29) is 51.0 Å². The fourth-order valence-electron chi connectivity index (χ4n) is 4.87. The molecule has 1 aromatic carbocycles. The minimum absolute atomic E-state index is 0.0469. The molecule has 0 aliphatic heterocycles. The molecule has 2 atom stereocenters. The quantitative estimate of drug-likeness (QED) is 0.0484. The van der Waals surface area contributed by atoms with E-state index in [2.05, 4.69) is 47.8 Å². The van der Waals surface area contributed by atoms with Gasteiger partial charge in [0.1, 0.15) is 43.0 Å². The molecule has 16 heteroatoms. The molecule has 48 heavy (non-hydrogen) atoms. The number of aromatic nitrogens is 3. The second-order valence-corrected chi connectivity index (χ2v) is 10.8. The number of hydrogen-bond donors (Lipinski definition) is 4. The molecular formula is C32H42N10O6. The van der Waals surface area contributed by atoms with Crippen LogP contribution in [0.3, 0.4) is 0 Å². The molecule has 2 aromatic heterocycles. The van der Waals surface area contributed by atoms with Crippen molar-refractivity contribution in [1.82, 2.24) is 30.5 Å². The van der Waals surface area contributed by atoms with E-state index in [9.17, 15) is 9.59 Å². The SMILES string of the molecule is CC[C@@H](OC)n1cc(C#CCNC(=O)COCCOC(COc2cccc(C(=O)NCCNC3CCC3)c2)N=[N+]=[N-])c2c(N)ncnc21. The molecule has 16 nitrogen and oxygen atoms in total. The number of nitrogens with zero attached hydrogens (tertiary/aromatic N) is 6. The molecule has 1 fully saturated rings. The van der Waals surface area contributed by atoms with Crippen LogP contribution in [0.5, 0.6) is 5.75 Å². The highest BCUT2D eigenvalue weighted by atomic mass is 16.6. The number of hydrogen-bond acceptors (Lipinski definition) is 11. The summed E-state index contributed by atoms with van der Waals surface area (Å²) < 4.78 is 24.0. The van der Waals surface area contributed by atoms with Crippen LogP contribution < -0.4 is 26.4 Å². The van der Waals surface area contributed by atoms with Crippen LogP contribution in [0.2, 0.25) is 0 Å². The summed E-state index contributed by atoms with van der Waals surface area (Å²) in [5.74, 6) is 6.10. The van der Waals surface area contributed by atoms with Crippen molar-refractivity contribution in [3.8, 4) is 17.6 Å². The van der Waals surface area contributed by atoms with Gasteiger partial charge in [-0.1, -0.05) is 36.4 Å². The van der Waals surface area contributed by atoms with Gasteiger partial charge in [-0.3, -0.25) is 9.59 Å². The highest BCUT2D eigenvalue weighted by molar-refractivity contribution is 5.94. The van der Waals surface area contributed by atoms with Gasteiger partial charge in [0.15, 0.2) is 6.23 Å². The van der Waals surface area contributed by atoms with Crippen LogP contribution in [0.25, 0.3) is 21.5 Å². The van der Waals surface area contributed by atoms with Crippen molar-refractivity contribution in [3.63, 3.8) is 0 Å². The zero-order chi connectivity index (χ0) is 34.1. The summed E-state index contributed by atoms with van der Waals surface area (Å²) in [4.78, 5) is 35.9. The van der Waals surface area contributed by atoms with Gasteiger partial charge in [0.05, 0.1) is 30.7 Å². The molecule has 0 spiro atoms. The lowest BCUT2D eigenvalue weighted by atomic mass is 9.93. The van der Waals surface area contributed by atoms with Crippen molar-refractivity contribution >= 4 is 28.7 Å². The zero-order valence-electron chi connectivity index (χ0n) is 27.2. The van der Waals surface area contributed by atoms with Gasteiger partial charge in [0.25, 0.3) is 5.91 Å². The molecule has 0 bridgehead atoms. The van der Waals surface area contributed by atoms with Crippen LogP contribution in [0.4, 0.5) is 5.82 Å². The van der Waals surface area contributed by atoms with Crippen molar-refractivity contribution < 1.29 is 28.5 Å². The number of anilines is 1. The number of nitrogens with two attached hydrogens (primary N) is 1. The van der Waals surface area contributed by atoms with Gasteiger partial charge in [-0.2, -0.15) is 0 Å². The Morgan fingerprint density at radius 1 is 1.23 bits per heavy atom. The maximum atomic E-state index is 12.5. The topological polar surface area (TPSA) is 213 Å². The van der Waals surface area contributed by atoms with Crippen molar-refractivity contribution in [2.24, 2.45) is 5.11 Å². The number of nitrogen functional groups attached to an aromatic ring is 1. The minimum atomic E-state index is -0.945. The summed E-state index contributed by atoms with van der Waals surface area (Å²) in [6, 6.07) is 7.27. The van der Waals surface area contributed by atoms with E-state index in [4.69, 9.17) is 30.2 Å². The van der Waals surface area contributed by atoms with Gasteiger partial charge in [0, 0.05) is 42.9 Å². The summed E-state index contributed by atoms with van der Waals surface area (Å²) in [5.41, 5.74) is 16.7. The Morgan fingerprint density at radius 2 is 2.08 bits per heavy atom. The van der Waals surface area contributed by atoms with Gasteiger partial charge in [-0.25, -0.2) is 9.97 Å². The van der Waals surface area contributed by atoms with Gasteiger partial charge in [-0.15, -0.1) is 0 Å². The minimum Gasteiger partial charge on any atom is -0.491 e. The average Bonchev–Trinajstić information content (AvgIpc) is 3.44. The Balaban J connectivity index is 1.14. The molecule has 256 valence electrons. The van der Waals surface area contributed by atoms with Crippen molar-refractivity contribution in [1.29, 1.82) is 0 Å². The maximum absolute atomic E-state index is 12.5.